The molecule has 2 aliphatic rings. The number of fused-ring (bicyclic) bond motifs is 4. The molecule has 0 radical (unpaired) electrons. The molecule has 2 aliphatic carbocycles. The average molecular weight is 645 g/mol. The Labute approximate surface area is 295 Å². The van der Waals surface area contributed by atoms with Crippen molar-refractivity contribution in [2.75, 3.05) is 4.90 Å². The summed E-state index contributed by atoms with van der Waals surface area (Å²) in [5.41, 5.74) is 18.6. The van der Waals surface area contributed by atoms with Gasteiger partial charge in [0.05, 0.1) is 22.8 Å². The molecule has 0 N–H and O–H groups in total. The highest BCUT2D eigenvalue weighted by atomic mass is 15.1. The van der Waals surface area contributed by atoms with Gasteiger partial charge in [0.2, 0.25) is 0 Å². The van der Waals surface area contributed by atoms with E-state index in [4.69, 9.17) is 4.98 Å². The summed E-state index contributed by atoms with van der Waals surface area (Å²) >= 11 is 0. The predicted octanol–water partition coefficient (Wildman–Crippen LogP) is 12.7. The van der Waals surface area contributed by atoms with Crippen molar-refractivity contribution in [3.63, 3.8) is 0 Å². The minimum Gasteiger partial charge on any atom is -0.310 e. The number of aryl methyl sites for hydroxylation is 1. The molecule has 242 valence electrons. The van der Waals surface area contributed by atoms with E-state index in [1.807, 2.05) is 0 Å². The van der Waals surface area contributed by atoms with Gasteiger partial charge in [0.1, 0.15) is 0 Å². The summed E-state index contributed by atoms with van der Waals surface area (Å²) in [6, 6.07) is 57.4. The molecule has 0 spiro atoms. The van der Waals surface area contributed by atoms with Crippen molar-refractivity contribution in [2.45, 2.75) is 44.9 Å². The molecule has 0 bridgehead atoms. The van der Waals surface area contributed by atoms with Gasteiger partial charge in [-0.2, -0.15) is 0 Å². The monoisotopic (exact) mass is 644 g/mol. The minimum atomic E-state index is -0.108. The summed E-state index contributed by atoms with van der Waals surface area (Å²) in [7, 11) is 0. The van der Waals surface area contributed by atoms with Crippen LogP contribution in [0.2, 0.25) is 0 Å². The van der Waals surface area contributed by atoms with E-state index < -0.39 is 0 Å². The third-order valence-corrected chi connectivity index (χ3v) is 10.9. The number of aromatic nitrogens is 1. The standard InChI is InChI=1S/C48H40N2/c1-48(2)41-28-15-14-26-40(41)46-42(48)29-30-45(47(46)39-27-16-22-33-17-12-13-25-38(33)39)50(36-23-10-5-11-24-36)37-31-43(34-18-6-3-7-19-34)49-44(32-37)35-20-8-4-9-21-35/h3-11,14-16,18-24,26-32H,12-13,17,25H2,1-2H3. The number of rotatable bonds is 6. The minimum absolute atomic E-state index is 0.108. The van der Waals surface area contributed by atoms with Crippen LogP contribution in [0.15, 0.2) is 158 Å². The van der Waals surface area contributed by atoms with Gasteiger partial charge in [-0.1, -0.05) is 141 Å². The topological polar surface area (TPSA) is 16.1 Å². The number of anilines is 3. The molecule has 2 nitrogen and oxygen atoms in total. The maximum absolute atomic E-state index is 5.26. The molecule has 9 rings (SSSR count). The number of nitrogens with zero attached hydrogens (tertiary/aromatic N) is 2. The van der Waals surface area contributed by atoms with E-state index in [1.165, 1.54) is 63.0 Å². The Morgan fingerprint density at radius 3 is 1.80 bits per heavy atom. The number of pyridine rings is 1. The van der Waals surface area contributed by atoms with Gasteiger partial charge in [-0.3, -0.25) is 0 Å². The third-order valence-electron chi connectivity index (χ3n) is 10.9. The van der Waals surface area contributed by atoms with Crippen molar-refractivity contribution < 1.29 is 0 Å². The molecule has 50 heavy (non-hydrogen) atoms. The smallest absolute Gasteiger partial charge is 0.0730 e. The molecule has 7 aromatic rings. The lowest BCUT2D eigenvalue weighted by Gasteiger charge is -2.32. The van der Waals surface area contributed by atoms with Crippen LogP contribution < -0.4 is 4.90 Å². The lowest BCUT2D eigenvalue weighted by Crippen LogP contribution is -2.16. The summed E-state index contributed by atoms with van der Waals surface area (Å²) in [4.78, 5) is 7.74. The summed E-state index contributed by atoms with van der Waals surface area (Å²) in [5, 5.41) is 0. The summed E-state index contributed by atoms with van der Waals surface area (Å²) < 4.78 is 0. The second-order valence-corrected chi connectivity index (χ2v) is 14.2. The van der Waals surface area contributed by atoms with Crippen molar-refractivity contribution in [1.82, 2.24) is 4.98 Å². The third kappa shape index (κ3) is 5.06. The Morgan fingerprint density at radius 2 is 1.10 bits per heavy atom. The SMILES string of the molecule is CC1(C)c2ccccc2-c2c1ccc(N(c1ccccc1)c1cc(-c3ccccc3)nc(-c3ccccc3)c1)c2-c1cccc2c1CCCC2. The van der Waals surface area contributed by atoms with Gasteiger partial charge in [-0.15, -0.1) is 0 Å². The van der Waals surface area contributed by atoms with Crippen molar-refractivity contribution in [3.05, 3.63) is 180 Å². The van der Waals surface area contributed by atoms with Crippen LogP contribution in [0.5, 0.6) is 0 Å². The number of hydrogen-bond acceptors (Lipinski definition) is 2. The van der Waals surface area contributed by atoms with Crippen LogP contribution in [0.1, 0.15) is 48.9 Å². The van der Waals surface area contributed by atoms with Crippen LogP contribution in [0.25, 0.3) is 44.8 Å². The quantitative estimate of drug-likeness (QED) is 0.179. The van der Waals surface area contributed by atoms with Crippen molar-refractivity contribution in [2.24, 2.45) is 0 Å². The molecular weight excluding hydrogens is 605 g/mol. The molecule has 0 fully saturated rings. The van der Waals surface area contributed by atoms with E-state index in [1.54, 1.807) is 0 Å². The Morgan fingerprint density at radius 1 is 0.500 bits per heavy atom. The van der Waals surface area contributed by atoms with Crippen LogP contribution in [0, 0.1) is 0 Å². The number of hydrogen-bond donors (Lipinski definition) is 0. The highest BCUT2D eigenvalue weighted by Gasteiger charge is 2.39. The maximum Gasteiger partial charge on any atom is 0.0730 e. The van der Waals surface area contributed by atoms with Gasteiger partial charge in [-0.25, -0.2) is 4.98 Å². The van der Waals surface area contributed by atoms with Gasteiger partial charge >= 0.3 is 0 Å². The van der Waals surface area contributed by atoms with Gasteiger partial charge in [0, 0.05) is 27.8 Å². The molecule has 1 heterocycles. The largest absolute Gasteiger partial charge is 0.310 e. The van der Waals surface area contributed by atoms with Crippen LogP contribution >= 0.6 is 0 Å². The first-order valence-corrected chi connectivity index (χ1v) is 17.9. The van der Waals surface area contributed by atoms with Crippen LogP contribution in [0.4, 0.5) is 17.1 Å². The fourth-order valence-electron chi connectivity index (χ4n) is 8.42. The molecule has 2 heteroatoms. The Hall–Kier alpha value is -5.73. The van der Waals surface area contributed by atoms with Gasteiger partial charge < -0.3 is 4.90 Å². The number of para-hydroxylation sites is 1. The first-order valence-electron chi connectivity index (χ1n) is 17.9. The number of benzene rings is 6. The molecule has 0 saturated heterocycles. The molecular formula is C48H40N2. The first kappa shape index (κ1) is 30.3. The van der Waals surface area contributed by atoms with E-state index in [-0.39, 0.29) is 5.41 Å². The molecule has 0 amide bonds. The fraction of sp³-hybridized carbons (Fsp3) is 0.146. The lowest BCUT2D eigenvalue weighted by molar-refractivity contribution is 0.660. The highest BCUT2D eigenvalue weighted by molar-refractivity contribution is 6.02. The summed E-state index contributed by atoms with van der Waals surface area (Å²) in [6.45, 7) is 4.77. The molecule has 0 unspecified atom stereocenters. The molecule has 0 saturated carbocycles. The fourth-order valence-corrected chi connectivity index (χ4v) is 8.42. The van der Waals surface area contributed by atoms with Crippen molar-refractivity contribution >= 4 is 17.1 Å². The zero-order chi connectivity index (χ0) is 33.7. The lowest BCUT2D eigenvalue weighted by atomic mass is 9.80. The van der Waals surface area contributed by atoms with Crippen LogP contribution in [0.3, 0.4) is 0 Å². The maximum atomic E-state index is 5.26. The zero-order valence-corrected chi connectivity index (χ0v) is 28.7. The van der Waals surface area contributed by atoms with E-state index in [0.29, 0.717) is 0 Å². The van der Waals surface area contributed by atoms with E-state index in [9.17, 15) is 0 Å². The van der Waals surface area contributed by atoms with E-state index >= 15 is 0 Å². The predicted molar refractivity (Wildman–Crippen MR) is 209 cm³/mol. The Bertz CT molecular complexity index is 2280. The molecule has 1 aromatic heterocycles. The average Bonchev–Trinajstić information content (AvgIpc) is 3.41. The normalized spacial score (nSPS) is 14.0. The summed E-state index contributed by atoms with van der Waals surface area (Å²) in [6.07, 6.45) is 4.73. The van der Waals surface area contributed by atoms with Gasteiger partial charge in [-0.05, 0) is 95.0 Å². The second kappa shape index (κ2) is 12.3. The highest BCUT2D eigenvalue weighted by Crippen LogP contribution is 2.56. The van der Waals surface area contributed by atoms with E-state index in [0.717, 1.165) is 46.7 Å². The Balaban J connectivity index is 1.39. The second-order valence-electron chi connectivity index (χ2n) is 14.2. The van der Waals surface area contributed by atoms with Crippen LogP contribution in [-0.4, -0.2) is 4.98 Å². The zero-order valence-electron chi connectivity index (χ0n) is 28.7. The van der Waals surface area contributed by atoms with Crippen LogP contribution in [-0.2, 0) is 18.3 Å². The van der Waals surface area contributed by atoms with Crippen molar-refractivity contribution in [1.29, 1.82) is 0 Å². The molecule has 0 atom stereocenters. The molecule has 6 aromatic carbocycles. The molecule has 0 aliphatic heterocycles. The van der Waals surface area contributed by atoms with E-state index in [2.05, 4.69) is 176 Å². The summed E-state index contributed by atoms with van der Waals surface area (Å²) in [5.74, 6) is 0. The first-order chi connectivity index (χ1) is 24.6. The van der Waals surface area contributed by atoms with Gasteiger partial charge in [0.15, 0.2) is 0 Å². The van der Waals surface area contributed by atoms with Crippen molar-refractivity contribution in [3.8, 4) is 44.8 Å². The Kier molecular flexibility index (Phi) is 7.47. The van der Waals surface area contributed by atoms with Gasteiger partial charge in [0.25, 0.3) is 0 Å².